The molecule has 0 atom stereocenters. The van der Waals surface area contributed by atoms with E-state index < -0.39 is 20.8 Å². The van der Waals surface area contributed by atoms with Gasteiger partial charge in [0, 0.05) is 6.42 Å². The Labute approximate surface area is 165 Å². The van der Waals surface area contributed by atoms with E-state index in [0.717, 1.165) is 0 Å². The summed E-state index contributed by atoms with van der Waals surface area (Å²) in [6.45, 7) is 4.52. The summed E-state index contributed by atoms with van der Waals surface area (Å²) in [7, 11) is 9.87. The van der Waals surface area contributed by atoms with E-state index in [4.69, 9.17) is 17.0 Å². The van der Waals surface area contributed by atoms with Crippen molar-refractivity contribution in [2.24, 2.45) is 0 Å². The molecule has 1 radical (unpaired) electrons. The van der Waals surface area contributed by atoms with Crippen molar-refractivity contribution < 1.29 is 20.8 Å². The molecule has 0 N–H and O–H groups in total. The number of hydrogen-bond acceptors (Lipinski definition) is 0. The van der Waals surface area contributed by atoms with Crippen LogP contribution in [-0.2, 0) is 33.7 Å². The van der Waals surface area contributed by atoms with Gasteiger partial charge in [-0.3, -0.25) is 0 Å². The van der Waals surface area contributed by atoms with Gasteiger partial charge < -0.3 is 0 Å². The molecule has 24 heavy (non-hydrogen) atoms. The van der Waals surface area contributed by atoms with Crippen LogP contribution < -0.4 is 0 Å². The van der Waals surface area contributed by atoms with E-state index >= 15 is 0 Å². The van der Waals surface area contributed by atoms with Crippen molar-refractivity contribution >= 4 is 17.0 Å². The van der Waals surface area contributed by atoms with Gasteiger partial charge in [-0.25, -0.2) is 0 Å². The van der Waals surface area contributed by atoms with Crippen molar-refractivity contribution in [2.45, 2.75) is 52.4 Å². The van der Waals surface area contributed by atoms with E-state index in [0.29, 0.717) is 0 Å². The third-order valence-corrected chi connectivity index (χ3v) is 4.47. The molecule has 0 nitrogen and oxygen atoms in total. The molecule has 1 aliphatic rings. The van der Waals surface area contributed by atoms with Crippen molar-refractivity contribution in [2.75, 3.05) is 0 Å². The molecular weight excluding hydrogens is 414 g/mol. The van der Waals surface area contributed by atoms with Crippen LogP contribution in [0.2, 0.25) is 0 Å². The van der Waals surface area contributed by atoms with E-state index in [-0.39, 0.29) is 0 Å². The van der Waals surface area contributed by atoms with Gasteiger partial charge in [0.15, 0.2) is 0 Å². The fourth-order valence-electron chi connectivity index (χ4n) is 3.17. The first-order valence-corrected chi connectivity index (χ1v) is 15.1. The second-order valence-corrected chi connectivity index (χ2v) is 10.00. The second kappa shape index (κ2) is 10.8. The molecule has 0 heterocycles. The topological polar surface area (TPSA) is 0 Å². The van der Waals surface area contributed by atoms with Gasteiger partial charge in [-0.05, 0) is 59.1 Å². The first-order valence-electron chi connectivity index (χ1n) is 8.80. The maximum absolute atomic E-state index is 4.93. The molecule has 0 saturated heterocycles. The Morgan fingerprint density at radius 1 is 0.750 bits per heavy atom. The summed E-state index contributed by atoms with van der Waals surface area (Å²) in [5.74, 6) is 0. The zero-order valence-corrected chi connectivity index (χ0v) is 18.5. The standard InChI is InChI=1S/C21H25.2ClH.Zr/c1-3-5-7-16-9-11-18-15-19-12-10-17(8-6-4-2)14-21(19)20(18)13-16;;;/h9-15H,3-8H2,1-2H3;2*1H;/q;;;+2/p-2. The van der Waals surface area contributed by atoms with Gasteiger partial charge in [0.1, 0.15) is 0 Å². The van der Waals surface area contributed by atoms with Crippen LogP contribution in [0.1, 0.15) is 61.8 Å². The molecule has 0 saturated carbocycles. The number of unbranched alkanes of at least 4 members (excludes halogenated alkanes) is 2. The first-order chi connectivity index (χ1) is 11.7. The van der Waals surface area contributed by atoms with E-state index in [1.807, 2.05) is 0 Å². The first kappa shape index (κ1) is 20.2. The van der Waals surface area contributed by atoms with Gasteiger partial charge in [0.2, 0.25) is 0 Å². The van der Waals surface area contributed by atoms with E-state index in [9.17, 15) is 0 Å². The number of fused-ring (bicyclic) bond motifs is 3. The summed E-state index contributed by atoms with van der Waals surface area (Å²) in [5, 5.41) is 0. The number of aryl methyl sites for hydroxylation is 2. The van der Waals surface area contributed by atoms with Crippen molar-refractivity contribution in [3.05, 3.63) is 65.1 Å². The summed E-state index contributed by atoms with van der Waals surface area (Å²) in [4.78, 5) is 0. The van der Waals surface area contributed by atoms with Crippen molar-refractivity contribution in [3.63, 3.8) is 0 Å². The average Bonchev–Trinajstić information content (AvgIpc) is 2.96. The molecular formula is C21H25Cl2Zr. The van der Waals surface area contributed by atoms with Crippen molar-refractivity contribution in [1.29, 1.82) is 0 Å². The van der Waals surface area contributed by atoms with Crippen molar-refractivity contribution in [3.8, 4) is 11.1 Å². The fraction of sp³-hybridized carbons (Fsp3) is 0.381. The molecule has 1 aliphatic carbocycles. The Balaban J connectivity index is 0.000000647. The Kier molecular flexibility index (Phi) is 9.09. The Morgan fingerprint density at radius 2 is 1.17 bits per heavy atom. The third kappa shape index (κ3) is 5.45. The van der Waals surface area contributed by atoms with Gasteiger partial charge in [-0.15, -0.1) is 0 Å². The van der Waals surface area contributed by atoms with E-state index in [2.05, 4.69) is 56.7 Å². The molecule has 0 fully saturated rings. The maximum atomic E-state index is 4.93. The third-order valence-electron chi connectivity index (χ3n) is 4.47. The molecule has 0 aliphatic heterocycles. The predicted octanol–water partition coefficient (Wildman–Crippen LogP) is 7.33. The summed E-state index contributed by atoms with van der Waals surface area (Å²) < 4.78 is 0. The number of rotatable bonds is 6. The molecule has 0 unspecified atom stereocenters. The van der Waals surface area contributed by atoms with Crippen LogP contribution in [0.5, 0.6) is 0 Å². The van der Waals surface area contributed by atoms with Crippen LogP contribution in [-0.4, -0.2) is 0 Å². The van der Waals surface area contributed by atoms with Crippen LogP contribution in [0.4, 0.5) is 0 Å². The molecule has 3 rings (SSSR count). The SMILES string of the molecule is CCCCc1ccc2c(c1)-c1cc(CCCC)ccc1[CH]2.[Cl][Zr][Cl]. The van der Waals surface area contributed by atoms with Gasteiger partial charge in [-0.1, -0.05) is 63.1 Å². The number of halogens is 2. The summed E-state index contributed by atoms with van der Waals surface area (Å²) in [5.41, 5.74) is 8.62. The Bertz CT molecular complexity index is 597. The quantitative estimate of drug-likeness (QED) is 0.377. The van der Waals surface area contributed by atoms with Gasteiger partial charge in [0.25, 0.3) is 0 Å². The predicted molar refractivity (Wildman–Crippen MR) is 103 cm³/mol. The average molecular weight is 440 g/mol. The van der Waals surface area contributed by atoms with Crippen LogP contribution in [0.3, 0.4) is 0 Å². The summed E-state index contributed by atoms with van der Waals surface area (Å²) in [6.07, 6.45) is 9.83. The Hall–Kier alpha value is -0.0969. The van der Waals surface area contributed by atoms with Crippen LogP contribution in [0.15, 0.2) is 36.4 Å². The minimum atomic E-state index is -0.826. The molecule has 3 heteroatoms. The van der Waals surface area contributed by atoms with Crippen LogP contribution >= 0.6 is 17.0 Å². The zero-order valence-electron chi connectivity index (χ0n) is 14.5. The normalized spacial score (nSPS) is 11.3. The summed E-state index contributed by atoms with van der Waals surface area (Å²) >= 11 is -0.826. The molecule has 0 bridgehead atoms. The van der Waals surface area contributed by atoms with E-state index in [1.165, 1.54) is 71.9 Å². The molecule has 0 spiro atoms. The van der Waals surface area contributed by atoms with Crippen LogP contribution in [0.25, 0.3) is 11.1 Å². The molecule has 2 aromatic carbocycles. The number of hydrogen-bond donors (Lipinski definition) is 0. The minimum absolute atomic E-state index is 0.826. The van der Waals surface area contributed by atoms with E-state index in [1.54, 1.807) is 0 Å². The Morgan fingerprint density at radius 3 is 1.54 bits per heavy atom. The van der Waals surface area contributed by atoms with Gasteiger partial charge >= 0.3 is 37.9 Å². The second-order valence-electron chi connectivity index (χ2n) is 6.27. The fourth-order valence-corrected chi connectivity index (χ4v) is 3.17. The molecule has 2 aromatic rings. The summed E-state index contributed by atoms with van der Waals surface area (Å²) in [6, 6.07) is 14.0. The monoisotopic (exact) mass is 437 g/mol. The van der Waals surface area contributed by atoms with Gasteiger partial charge in [-0.2, -0.15) is 0 Å². The number of benzene rings is 2. The van der Waals surface area contributed by atoms with Crippen molar-refractivity contribution in [1.82, 2.24) is 0 Å². The van der Waals surface area contributed by atoms with Gasteiger partial charge in [0.05, 0.1) is 0 Å². The molecule has 0 aromatic heterocycles. The zero-order chi connectivity index (χ0) is 17.4. The van der Waals surface area contributed by atoms with Crippen LogP contribution in [0, 0.1) is 6.42 Å². The molecule has 127 valence electrons. The molecule has 0 amide bonds.